The molecule has 1 aliphatic rings. The highest BCUT2D eigenvalue weighted by atomic mass is 32.1. The Morgan fingerprint density at radius 3 is 2.68 bits per heavy atom. The summed E-state index contributed by atoms with van der Waals surface area (Å²) >= 11 is 5.13. The molecule has 0 heterocycles. The predicted octanol–water partition coefficient (Wildman–Crippen LogP) is 2.51. The minimum atomic E-state index is 0.101. The maximum absolute atomic E-state index is 11.7. The Morgan fingerprint density at radius 1 is 1.37 bits per heavy atom. The summed E-state index contributed by atoms with van der Waals surface area (Å²) in [5.74, 6) is 0.302. The molecule has 5 heteroatoms. The lowest BCUT2D eigenvalue weighted by Gasteiger charge is -2.10. The van der Waals surface area contributed by atoms with Gasteiger partial charge >= 0.3 is 0 Å². The van der Waals surface area contributed by atoms with Crippen LogP contribution in [0.5, 0.6) is 0 Å². The molecule has 1 aliphatic carbocycles. The zero-order valence-electron chi connectivity index (χ0n) is 10.6. The number of rotatable bonds is 5. The molecule has 0 bridgehead atoms. The van der Waals surface area contributed by atoms with Crippen LogP contribution in [0, 0.1) is 5.92 Å². The molecule has 1 saturated carbocycles. The number of carbonyl (C=O) groups is 1. The van der Waals surface area contributed by atoms with Crippen LogP contribution in [-0.4, -0.2) is 17.6 Å². The van der Waals surface area contributed by atoms with Crippen molar-refractivity contribution >= 4 is 34.6 Å². The molecular weight excluding hydrogens is 258 g/mol. The maximum atomic E-state index is 11.7. The fraction of sp³-hybridized carbons (Fsp3) is 0.286. The minimum Gasteiger partial charge on any atom is -0.359 e. The summed E-state index contributed by atoms with van der Waals surface area (Å²) in [5, 5.41) is 9.48. The highest BCUT2D eigenvalue weighted by Crippen LogP contribution is 2.30. The number of carbonyl (C=O) groups excluding carboxylic acids is 1. The Labute approximate surface area is 118 Å². The van der Waals surface area contributed by atoms with Gasteiger partial charge in [0.15, 0.2) is 5.11 Å². The molecule has 3 N–H and O–H groups in total. The predicted molar refractivity (Wildman–Crippen MR) is 82.2 cm³/mol. The maximum Gasteiger partial charge on any atom is 0.227 e. The number of hydrogen-bond acceptors (Lipinski definition) is 2. The van der Waals surface area contributed by atoms with Gasteiger partial charge in [0.05, 0.1) is 0 Å². The van der Waals surface area contributed by atoms with E-state index in [9.17, 15) is 4.79 Å². The third-order valence-electron chi connectivity index (χ3n) is 2.74. The van der Waals surface area contributed by atoms with E-state index in [4.69, 9.17) is 12.2 Å². The molecule has 0 spiro atoms. The van der Waals surface area contributed by atoms with Crippen molar-refractivity contribution in [2.45, 2.75) is 12.8 Å². The highest BCUT2D eigenvalue weighted by Gasteiger charge is 2.29. The molecule has 2 rings (SSSR count). The van der Waals surface area contributed by atoms with Crippen molar-refractivity contribution in [3.8, 4) is 0 Å². The quantitative estimate of drug-likeness (QED) is 0.571. The smallest absolute Gasteiger partial charge is 0.227 e. The van der Waals surface area contributed by atoms with Crippen LogP contribution < -0.4 is 16.0 Å². The SMILES string of the molecule is C=CCNC(=S)Nc1cccc(NC(=O)C2CC2)c1. The molecule has 1 amide bonds. The molecule has 100 valence electrons. The highest BCUT2D eigenvalue weighted by molar-refractivity contribution is 7.80. The molecular formula is C14H17N3OS. The van der Waals surface area contributed by atoms with Crippen LogP contribution in [0.2, 0.25) is 0 Å². The van der Waals surface area contributed by atoms with Crippen LogP contribution in [0.25, 0.3) is 0 Å². The van der Waals surface area contributed by atoms with Crippen molar-refractivity contribution in [3.05, 3.63) is 36.9 Å². The molecule has 0 aliphatic heterocycles. The molecule has 0 unspecified atom stereocenters. The molecule has 1 aromatic carbocycles. The largest absolute Gasteiger partial charge is 0.359 e. The number of anilines is 2. The van der Waals surface area contributed by atoms with E-state index >= 15 is 0 Å². The van der Waals surface area contributed by atoms with Crippen LogP contribution in [0.4, 0.5) is 11.4 Å². The molecule has 0 saturated heterocycles. The van der Waals surface area contributed by atoms with E-state index in [1.54, 1.807) is 6.08 Å². The number of nitrogens with one attached hydrogen (secondary N) is 3. The number of hydrogen-bond donors (Lipinski definition) is 3. The van der Waals surface area contributed by atoms with Crippen molar-refractivity contribution < 1.29 is 4.79 Å². The van der Waals surface area contributed by atoms with Crippen LogP contribution in [0.15, 0.2) is 36.9 Å². The van der Waals surface area contributed by atoms with E-state index in [0.717, 1.165) is 24.2 Å². The van der Waals surface area contributed by atoms with E-state index in [2.05, 4.69) is 22.5 Å². The molecule has 0 atom stereocenters. The average molecular weight is 275 g/mol. The van der Waals surface area contributed by atoms with E-state index in [0.29, 0.717) is 11.7 Å². The van der Waals surface area contributed by atoms with Gasteiger partial charge < -0.3 is 16.0 Å². The second kappa shape index (κ2) is 6.33. The van der Waals surface area contributed by atoms with Gasteiger partial charge in [-0.1, -0.05) is 12.1 Å². The van der Waals surface area contributed by atoms with Gasteiger partial charge in [0, 0.05) is 23.8 Å². The van der Waals surface area contributed by atoms with Crippen LogP contribution >= 0.6 is 12.2 Å². The van der Waals surface area contributed by atoms with Crippen LogP contribution in [0.1, 0.15) is 12.8 Å². The van der Waals surface area contributed by atoms with Gasteiger partial charge in [-0.2, -0.15) is 0 Å². The minimum absolute atomic E-state index is 0.101. The number of amides is 1. The first-order valence-corrected chi connectivity index (χ1v) is 6.66. The first-order chi connectivity index (χ1) is 9.19. The third kappa shape index (κ3) is 4.37. The summed E-state index contributed by atoms with van der Waals surface area (Å²) in [6.45, 7) is 4.23. The second-order valence-electron chi connectivity index (χ2n) is 4.47. The Hall–Kier alpha value is -1.88. The molecule has 0 radical (unpaired) electrons. The first-order valence-electron chi connectivity index (χ1n) is 6.25. The molecule has 0 aromatic heterocycles. The summed E-state index contributed by atoms with van der Waals surface area (Å²) < 4.78 is 0. The van der Waals surface area contributed by atoms with Crippen LogP contribution in [-0.2, 0) is 4.79 Å². The van der Waals surface area contributed by atoms with E-state index < -0.39 is 0 Å². The third-order valence-corrected chi connectivity index (χ3v) is 2.99. The van der Waals surface area contributed by atoms with Crippen molar-refractivity contribution in [3.63, 3.8) is 0 Å². The summed E-state index contributed by atoms with van der Waals surface area (Å²) in [6, 6.07) is 7.50. The van der Waals surface area contributed by atoms with Gasteiger partial charge in [-0.3, -0.25) is 4.79 Å². The first kappa shape index (κ1) is 13.5. The second-order valence-corrected chi connectivity index (χ2v) is 4.88. The number of benzene rings is 1. The monoisotopic (exact) mass is 275 g/mol. The van der Waals surface area contributed by atoms with Crippen molar-refractivity contribution in [1.82, 2.24) is 5.32 Å². The molecule has 1 aromatic rings. The summed E-state index contributed by atoms with van der Waals surface area (Å²) in [6.07, 6.45) is 3.74. The van der Waals surface area contributed by atoms with E-state index in [1.165, 1.54) is 0 Å². The number of thiocarbonyl (C=S) groups is 1. The average Bonchev–Trinajstić information content (AvgIpc) is 3.21. The molecule has 4 nitrogen and oxygen atoms in total. The van der Waals surface area contributed by atoms with Crippen molar-refractivity contribution in [2.75, 3.05) is 17.2 Å². The Bertz CT molecular complexity index is 497. The molecule has 1 fully saturated rings. The standard InChI is InChI=1S/C14H17N3OS/c1-2-8-15-14(19)17-12-5-3-4-11(9-12)16-13(18)10-6-7-10/h2-5,9-10H,1,6-8H2,(H,16,18)(H2,15,17,19). The summed E-state index contributed by atoms with van der Waals surface area (Å²) in [7, 11) is 0. The fourth-order valence-corrected chi connectivity index (χ4v) is 1.81. The fourth-order valence-electron chi connectivity index (χ4n) is 1.60. The Kier molecular flexibility index (Phi) is 4.52. The molecule has 19 heavy (non-hydrogen) atoms. The topological polar surface area (TPSA) is 53.2 Å². The van der Waals surface area contributed by atoms with Gasteiger partial charge in [-0.05, 0) is 43.3 Å². The summed E-state index contributed by atoms with van der Waals surface area (Å²) in [5.41, 5.74) is 1.63. The van der Waals surface area contributed by atoms with Gasteiger partial charge in [-0.15, -0.1) is 6.58 Å². The van der Waals surface area contributed by atoms with Gasteiger partial charge in [0.25, 0.3) is 0 Å². The van der Waals surface area contributed by atoms with Gasteiger partial charge in [0.1, 0.15) is 0 Å². The Balaban J connectivity index is 1.92. The van der Waals surface area contributed by atoms with Crippen molar-refractivity contribution in [1.29, 1.82) is 0 Å². The zero-order chi connectivity index (χ0) is 13.7. The zero-order valence-corrected chi connectivity index (χ0v) is 11.4. The van der Waals surface area contributed by atoms with E-state index in [1.807, 2.05) is 24.3 Å². The lowest BCUT2D eigenvalue weighted by molar-refractivity contribution is -0.117. The lowest BCUT2D eigenvalue weighted by atomic mass is 10.2. The Morgan fingerprint density at radius 2 is 2.05 bits per heavy atom. The van der Waals surface area contributed by atoms with Crippen molar-refractivity contribution in [2.24, 2.45) is 5.92 Å². The van der Waals surface area contributed by atoms with Crippen LogP contribution in [0.3, 0.4) is 0 Å². The van der Waals surface area contributed by atoms with E-state index in [-0.39, 0.29) is 11.8 Å². The summed E-state index contributed by atoms with van der Waals surface area (Å²) in [4.78, 5) is 11.7. The van der Waals surface area contributed by atoms with Gasteiger partial charge in [0.2, 0.25) is 5.91 Å². The van der Waals surface area contributed by atoms with Gasteiger partial charge in [-0.25, -0.2) is 0 Å². The normalized spacial score (nSPS) is 13.5. The lowest BCUT2D eigenvalue weighted by Crippen LogP contribution is -2.28.